The van der Waals surface area contributed by atoms with Gasteiger partial charge in [-0.2, -0.15) is 17.6 Å². The first kappa shape index (κ1) is 36.0. The maximum absolute atomic E-state index is 15.6. The van der Waals surface area contributed by atoms with Crippen molar-refractivity contribution in [2.24, 2.45) is 0 Å². The summed E-state index contributed by atoms with van der Waals surface area (Å²) in [4.78, 5) is 0. The van der Waals surface area contributed by atoms with E-state index in [1.54, 1.807) is 0 Å². The maximum atomic E-state index is 15.6. The van der Waals surface area contributed by atoms with Gasteiger partial charge in [0.15, 0.2) is 41.0 Å². The first-order valence-electron chi connectivity index (χ1n) is 12.8. The van der Waals surface area contributed by atoms with Crippen LogP contribution in [0, 0.1) is 58.2 Å². The molecule has 3 rings (SSSR count). The zero-order valence-corrected chi connectivity index (χ0v) is 22.5. The van der Waals surface area contributed by atoms with Crippen molar-refractivity contribution >= 4 is 7.12 Å². The number of unbranched alkanes of at least 4 members (excludes halogenated alkanes) is 5. The largest absolute Gasteiger partial charge is 0.640 e. The van der Waals surface area contributed by atoms with Crippen molar-refractivity contribution < 1.29 is 79.9 Å². The molecule has 2 atom stereocenters. The van der Waals surface area contributed by atoms with Gasteiger partial charge in [0.1, 0.15) is 0 Å². The average Bonchev–Trinajstić information content (AvgIpc) is 3.03. The van der Waals surface area contributed by atoms with Gasteiger partial charge in [0, 0.05) is 6.61 Å². The number of hydrogen-bond donors (Lipinski definition) is 0. The van der Waals surface area contributed by atoms with Gasteiger partial charge in [-0.3, -0.25) is 0 Å². The average molecular weight is 674 g/mol. The molecule has 1 aliphatic rings. The lowest BCUT2D eigenvalue weighted by molar-refractivity contribution is -0.0479. The predicted octanol–water partition coefficient (Wildman–Crippen LogP) is 9.33. The Balaban J connectivity index is 2.29. The van der Waals surface area contributed by atoms with Crippen molar-refractivity contribution in [2.75, 3.05) is 6.61 Å². The van der Waals surface area contributed by atoms with Gasteiger partial charge in [-0.15, -0.1) is 0 Å². The summed E-state index contributed by atoms with van der Waals surface area (Å²) >= 11 is 0. The highest BCUT2D eigenvalue weighted by Gasteiger charge is 2.67. The molecule has 2 aromatic carbocycles. The van der Waals surface area contributed by atoms with Crippen molar-refractivity contribution in [3.8, 4) is 11.5 Å². The van der Waals surface area contributed by atoms with Crippen LogP contribution in [-0.4, -0.2) is 25.4 Å². The zero-order chi connectivity index (χ0) is 34.0. The number of alkyl halides is 1. The second-order valence-corrected chi connectivity index (χ2v) is 9.43. The van der Waals surface area contributed by atoms with Gasteiger partial charge >= 0.3 is 7.12 Å². The smallest absolute Gasteiger partial charge is 0.519 e. The molecule has 3 nitrogen and oxygen atoms in total. The number of allylic oxidation sites excluding steroid dienone is 2. The van der Waals surface area contributed by atoms with Crippen molar-refractivity contribution in [3.63, 3.8) is 0 Å². The van der Waals surface area contributed by atoms with Crippen LogP contribution < -0.4 is 9.31 Å². The highest BCUT2D eigenvalue weighted by Crippen LogP contribution is 2.47. The van der Waals surface area contributed by atoms with Crippen molar-refractivity contribution in [3.05, 3.63) is 81.5 Å². The Labute approximate surface area is 244 Å². The fourth-order valence-corrected chi connectivity index (χ4v) is 4.12. The van der Waals surface area contributed by atoms with Gasteiger partial charge in [-0.1, -0.05) is 39.0 Å². The normalized spacial score (nSPS) is 18.6. The fourth-order valence-electron chi connectivity index (χ4n) is 4.12. The highest BCUT2D eigenvalue weighted by molar-refractivity contribution is 6.51. The third kappa shape index (κ3) is 6.44. The van der Waals surface area contributed by atoms with E-state index >= 15 is 8.78 Å². The summed E-state index contributed by atoms with van der Waals surface area (Å²) in [6.45, 7) is 0.789. The molecule has 0 fully saturated rings. The fraction of sp³-hybridized carbons (Fsp3) is 0.385. The van der Waals surface area contributed by atoms with E-state index in [9.17, 15) is 57.1 Å². The van der Waals surface area contributed by atoms with Gasteiger partial charge in [0.05, 0.1) is 0 Å². The number of ether oxygens (including phenoxy) is 1. The number of hydrogen-bond acceptors (Lipinski definition) is 3. The minimum Gasteiger partial charge on any atom is -0.519 e. The minimum absolute atomic E-state index is 0.148. The van der Waals surface area contributed by atoms with Crippen LogP contribution in [0.5, 0.6) is 11.5 Å². The highest BCUT2D eigenvalue weighted by atomic mass is 19.2. The van der Waals surface area contributed by atoms with Gasteiger partial charge < -0.3 is 14.0 Å². The van der Waals surface area contributed by atoms with E-state index in [-0.39, 0.29) is 12.8 Å². The molecule has 45 heavy (non-hydrogen) atoms. The second kappa shape index (κ2) is 14.3. The standard InChI is InChI=1S/C26H18BF15O3/c1-2-3-4-5-6-7-8-43-26(24(41)20(39)15(34)21(40)25(26)42)27(44-22-16(35)11(30)9(28)12(31)17(22)36)45-23-18(37)13(32)10(29)14(33)19(23)38/h24H,2-8H2,1H3. The van der Waals surface area contributed by atoms with Crippen molar-refractivity contribution in [1.82, 2.24) is 0 Å². The quantitative estimate of drug-likeness (QED) is 0.0698. The van der Waals surface area contributed by atoms with E-state index in [0.717, 1.165) is 12.8 Å². The SMILES string of the molecule is CCCCCCCCOC1(B(Oc2c(F)c(F)c(F)c(F)c2F)Oc2c(F)c(F)c(F)c(F)c2F)C(F)=C(F)C(F)=C(F)C1F. The van der Waals surface area contributed by atoms with Gasteiger partial charge in [-0.05, 0) is 6.42 Å². The van der Waals surface area contributed by atoms with Crippen LogP contribution in [0.1, 0.15) is 45.4 Å². The lowest BCUT2D eigenvalue weighted by atomic mass is 9.61. The first-order valence-corrected chi connectivity index (χ1v) is 12.8. The predicted molar refractivity (Wildman–Crippen MR) is 125 cm³/mol. The molecule has 2 aromatic rings. The summed E-state index contributed by atoms with van der Waals surface area (Å²) in [5.41, 5.74) is -4.46. The Morgan fingerprint density at radius 3 is 1.33 bits per heavy atom. The summed E-state index contributed by atoms with van der Waals surface area (Å²) in [5, 5.41) is 0. The molecule has 0 saturated heterocycles. The molecule has 0 spiro atoms. The van der Waals surface area contributed by atoms with Crippen molar-refractivity contribution in [2.45, 2.75) is 57.1 Å². The van der Waals surface area contributed by atoms with E-state index in [0.29, 0.717) is 12.8 Å². The number of halogens is 15. The summed E-state index contributed by atoms with van der Waals surface area (Å²) < 4.78 is 229. The van der Waals surface area contributed by atoms with Gasteiger partial charge in [0.25, 0.3) is 0 Å². The Kier molecular flexibility index (Phi) is 11.4. The van der Waals surface area contributed by atoms with E-state index in [1.165, 1.54) is 0 Å². The molecule has 0 N–H and O–H groups in total. The molecule has 0 aromatic heterocycles. The van der Waals surface area contributed by atoms with E-state index in [2.05, 4.69) is 9.31 Å². The van der Waals surface area contributed by atoms with E-state index < -0.39 is 118 Å². The third-order valence-corrected chi connectivity index (χ3v) is 6.51. The molecule has 2 unspecified atom stereocenters. The zero-order valence-electron chi connectivity index (χ0n) is 22.5. The van der Waals surface area contributed by atoms with Crippen LogP contribution >= 0.6 is 0 Å². The topological polar surface area (TPSA) is 27.7 Å². The molecule has 0 radical (unpaired) electrons. The van der Waals surface area contributed by atoms with Crippen LogP contribution in [0.3, 0.4) is 0 Å². The minimum atomic E-state index is -4.46. The van der Waals surface area contributed by atoms with Crippen LogP contribution in [0.2, 0.25) is 0 Å². The van der Waals surface area contributed by atoms with Crippen molar-refractivity contribution in [1.29, 1.82) is 0 Å². The number of benzene rings is 2. The summed E-state index contributed by atoms with van der Waals surface area (Å²) in [6, 6.07) is 0. The van der Waals surface area contributed by atoms with Crippen LogP contribution in [0.4, 0.5) is 65.9 Å². The van der Waals surface area contributed by atoms with Crippen LogP contribution in [0.15, 0.2) is 23.3 Å². The molecular formula is C26H18BF15O3. The first-order chi connectivity index (χ1) is 21.1. The van der Waals surface area contributed by atoms with Gasteiger partial charge in [-0.25, -0.2) is 48.3 Å². The molecule has 0 bridgehead atoms. The number of rotatable bonds is 13. The summed E-state index contributed by atoms with van der Waals surface area (Å²) in [6.07, 6.45) is -1.72. The molecular weight excluding hydrogens is 656 g/mol. The van der Waals surface area contributed by atoms with E-state index in [1.807, 2.05) is 6.92 Å². The van der Waals surface area contributed by atoms with Gasteiger partial charge in [0.2, 0.25) is 63.7 Å². The second-order valence-electron chi connectivity index (χ2n) is 9.43. The Morgan fingerprint density at radius 2 is 0.911 bits per heavy atom. The summed E-state index contributed by atoms with van der Waals surface area (Å²) in [5.74, 6) is -45.6. The Hall–Kier alpha value is -3.51. The molecule has 0 saturated carbocycles. The lowest BCUT2D eigenvalue weighted by Crippen LogP contribution is -2.63. The maximum Gasteiger partial charge on any atom is 0.640 e. The molecule has 0 aliphatic heterocycles. The summed E-state index contributed by atoms with van der Waals surface area (Å²) in [7, 11) is -3.96. The molecule has 1 aliphatic carbocycles. The van der Waals surface area contributed by atoms with Crippen LogP contribution in [0.25, 0.3) is 0 Å². The molecule has 0 amide bonds. The molecule has 0 heterocycles. The Morgan fingerprint density at radius 1 is 0.533 bits per heavy atom. The third-order valence-electron chi connectivity index (χ3n) is 6.51. The Bertz CT molecular complexity index is 1390. The lowest BCUT2D eigenvalue weighted by Gasteiger charge is -2.38. The monoisotopic (exact) mass is 674 g/mol. The van der Waals surface area contributed by atoms with E-state index in [4.69, 9.17) is 4.74 Å². The molecule has 248 valence electrons. The van der Waals surface area contributed by atoms with Crippen LogP contribution in [-0.2, 0) is 4.74 Å². The molecule has 19 heteroatoms.